The standard InChI is InChI=1S/C12H9NO5/c14-7-9-3-4-12(11(6-9)13(15)16)18-8-10-2-1-5-17-10/h1-7H,8H2. The SMILES string of the molecule is O=Cc1ccc(OCc2ccco2)c([N+](=O)[O-])c1. The summed E-state index contributed by atoms with van der Waals surface area (Å²) in [7, 11) is 0. The van der Waals surface area contributed by atoms with Crippen LogP contribution in [0.15, 0.2) is 41.0 Å². The highest BCUT2D eigenvalue weighted by Gasteiger charge is 2.16. The van der Waals surface area contributed by atoms with Gasteiger partial charge >= 0.3 is 5.69 Å². The molecule has 0 spiro atoms. The minimum atomic E-state index is -0.593. The Bertz CT molecular complexity index is 562. The normalized spacial score (nSPS) is 10.0. The van der Waals surface area contributed by atoms with Crippen molar-refractivity contribution in [2.45, 2.75) is 6.61 Å². The number of aldehydes is 1. The average molecular weight is 247 g/mol. The minimum absolute atomic E-state index is 0.0915. The largest absolute Gasteiger partial charge is 0.479 e. The molecule has 0 saturated heterocycles. The Hall–Kier alpha value is -2.63. The van der Waals surface area contributed by atoms with E-state index in [0.29, 0.717) is 12.0 Å². The van der Waals surface area contributed by atoms with Crippen LogP contribution in [0.1, 0.15) is 16.1 Å². The topological polar surface area (TPSA) is 82.6 Å². The van der Waals surface area contributed by atoms with Gasteiger partial charge < -0.3 is 9.15 Å². The quantitative estimate of drug-likeness (QED) is 0.460. The van der Waals surface area contributed by atoms with Crippen LogP contribution in [0.2, 0.25) is 0 Å². The van der Waals surface area contributed by atoms with E-state index < -0.39 is 4.92 Å². The van der Waals surface area contributed by atoms with Crippen LogP contribution in [0.3, 0.4) is 0 Å². The average Bonchev–Trinajstić information content (AvgIpc) is 2.89. The summed E-state index contributed by atoms with van der Waals surface area (Å²) in [6.07, 6.45) is 2.03. The van der Waals surface area contributed by atoms with E-state index in [1.165, 1.54) is 24.5 Å². The highest BCUT2D eigenvalue weighted by molar-refractivity contribution is 5.77. The fraction of sp³-hybridized carbons (Fsp3) is 0.0833. The van der Waals surface area contributed by atoms with Crippen molar-refractivity contribution in [3.05, 3.63) is 58.0 Å². The molecule has 1 heterocycles. The number of nitro benzene ring substituents is 1. The fourth-order valence-corrected chi connectivity index (χ4v) is 1.42. The molecule has 2 rings (SSSR count). The van der Waals surface area contributed by atoms with Crippen molar-refractivity contribution >= 4 is 12.0 Å². The number of carbonyl (C=O) groups is 1. The number of benzene rings is 1. The van der Waals surface area contributed by atoms with Crippen molar-refractivity contribution in [2.24, 2.45) is 0 Å². The van der Waals surface area contributed by atoms with Gasteiger partial charge in [-0.2, -0.15) is 0 Å². The molecule has 2 aromatic rings. The Morgan fingerprint density at radius 1 is 1.39 bits per heavy atom. The molecule has 1 aromatic carbocycles. The first-order valence-electron chi connectivity index (χ1n) is 5.09. The van der Waals surface area contributed by atoms with Gasteiger partial charge in [-0.25, -0.2) is 0 Å². The predicted molar refractivity (Wildman–Crippen MR) is 61.5 cm³/mol. The summed E-state index contributed by atoms with van der Waals surface area (Å²) in [6.45, 7) is 0.0915. The van der Waals surface area contributed by atoms with E-state index in [0.717, 1.165) is 0 Å². The molecule has 0 saturated carbocycles. The Morgan fingerprint density at radius 3 is 2.83 bits per heavy atom. The van der Waals surface area contributed by atoms with Gasteiger partial charge in [0.25, 0.3) is 0 Å². The molecule has 0 atom stereocenters. The van der Waals surface area contributed by atoms with E-state index in [1.807, 2.05) is 0 Å². The molecule has 18 heavy (non-hydrogen) atoms. The number of carbonyl (C=O) groups excluding carboxylic acids is 1. The van der Waals surface area contributed by atoms with Gasteiger partial charge in [0.05, 0.1) is 11.2 Å². The van der Waals surface area contributed by atoms with Gasteiger partial charge in [-0.1, -0.05) is 0 Å². The van der Waals surface area contributed by atoms with Crippen molar-refractivity contribution in [3.63, 3.8) is 0 Å². The lowest BCUT2D eigenvalue weighted by molar-refractivity contribution is -0.386. The van der Waals surface area contributed by atoms with E-state index in [1.54, 1.807) is 12.1 Å². The van der Waals surface area contributed by atoms with Crippen molar-refractivity contribution in [1.29, 1.82) is 0 Å². The first-order chi connectivity index (χ1) is 8.70. The first kappa shape index (κ1) is 11.8. The number of nitrogens with zero attached hydrogens (tertiary/aromatic N) is 1. The Balaban J connectivity index is 2.21. The van der Waals surface area contributed by atoms with E-state index in [4.69, 9.17) is 9.15 Å². The lowest BCUT2D eigenvalue weighted by Crippen LogP contribution is -1.99. The van der Waals surface area contributed by atoms with Gasteiger partial charge in [0.1, 0.15) is 18.7 Å². The molecule has 0 unspecified atom stereocenters. The summed E-state index contributed by atoms with van der Waals surface area (Å²) < 4.78 is 10.3. The molecule has 0 radical (unpaired) electrons. The minimum Gasteiger partial charge on any atom is -0.479 e. The first-order valence-corrected chi connectivity index (χ1v) is 5.09. The van der Waals surface area contributed by atoms with Gasteiger partial charge in [0.15, 0.2) is 5.75 Å². The maximum atomic E-state index is 10.8. The lowest BCUT2D eigenvalue weighted by Gasteiger charge is -2.05. The zero-order valence-corrected chi connectivity index (χ0v) is 9.24. The van der Waals surface area contributed by atoms with Crippen LogP contribution in [-0.4, -0.2) is 11.2 Å². The summed E-state index contributed by atoms with van der Waals surface area (Å²) in [5.74, 6) is 0.658. The van der Waals surface area contributed by atoms with Crippen LogP contribution in [-0.2, 0) is 6.61 Å². The monoisotopic (exact) mass is 247 g/mol. The van der Waals surface area contributed by atoms with Crippen LogP contribution in [0.25, 0.3) is 0 Å². The zero-order chi connectivity index (χ0) is 13.0. The second-order valence-electron chi connectivity index (χ2n) is 3.47. The highest BCUT2D eigenvalue weighted by atomic mass is 16.6. The Morgan fingerprint density at radius 2 is 2.22 bits per heavy atom. The Kier molecular flexibility index (Phi) is 3.38. The van der Waals surface area contributed by atoms with Gasteiger partial charge in [0.2, 0.25) is 0 Å². The molecule has 6 heteroatoms. The van der Waals surface area contributed by atoms with E-state index in [2.05, 4.69) is 0 Å². The molecule has 0 aliphatic carbocycles. The third kappa shape index (κ3) is 2.54. The number of hydrogen-bond donors (Lipinski definition) is 0. The predicted octanol–water partition coefficient (Wildman–Crippen LogP) is 2.58. The molecule has 1 aromatic heterocycles. The van der Waals surface area contributed by atoms with Crippen LogP contribution < -0.4 is 4.74 Å². The van der Waals surface area contributed by atoms with Gasteiger partial charge in [-0.15, -0.1) is 0 Å². The van der Waals surface area contributed by atoms with Crippen LogP contribution in [0.4, 0.5) is 5.69 Å². The van der Waals surface area contributed by atoms with Crippen molar-refractivity contribution in [3.8, 4) is 5.75 Å². The van der Waals surface area contributed by atoms with E-state index in [-0.39, 0.29) is 23.6 Å². The van der Waals surface area contributed by atoms with Crippen molar-refractivity contribution in [2.75, 3.05) is 0 Å². The van der Waals surface area contributed by atoms with Gasteiger partial charge in [0, 0.05) is 11.6 Å². The number of furan rings is 1. The van der Waals surface area contributed by atoms with Crippen LogP contribution >= 0.6 is 0 Å². The third-order valence-corrected chi connectivity index (χ3v) is 2.27. The number of rotatable bonds is 5. The highest BCUT2D eigenvalue weighted by Crippen LogP contribution is 2.28. The summed E-state index contributed by atoms with van der Waals surface area (Å²) in [6, 6.07) is 7.42. The number of nitro groups is 1. The number of hydrogen-bond acceptors (Lipinski definition) is 5. The summed E-state index contributed by atoms with van der Waals surface area (Å²) in [4.78, 5) is 20.8. The van der Waals surface area contributed by atoms with Gasteiger partial charge in [-0.3, -0.25) is 14.9 Å². The molecular weight excluding hydrogens is 238 g/mol. The van der Waals surface area contributed by atoms with Crippen LogP contribution in [0, 0.1) is 10.1 Å². The molecular formula is C12H9NO5. The number of ether oxygens (including phenoxy) is 1. The maximum Gasteiger partial charge on any atom is 0.311 e. The molecule has 92 valence electrons. The van der Waals surface area contributed by atoms with Crippen LogP contribution in [0.5, 0.6) is 5.75 Å². The molecule has 0 bridgehead atoms. The Labute approximate surface area is 102 Å². The molecule has 0 amide bonds. The van der Waals surface area contributed by atoms with Crippen molar-refractivity contribution < 1.29 is 18.9 Å². The molecule has 0 aliphatic heterocycles. The second kappa shape index (κ2) is 5.13. The molecule has 6 nitrogen and oxygen atoms in total. The third-order valence-electron chi connectivity index (χ3n) is 2.27. The molecule has 0 N–H and O–H groups in total. The maximum absolute atomic E-state index is 10.8. The summed E-state index contributed by atoms with van der Waals surface area (Å²) in [5, 5.41) is 10.8. The summed E-state index contributed by atoms with van der Waals surface area (Å²) in [5.41, 5.74) is -0.0156. The van der Waals surface area contributed by atoms with E-state index >= 15 is 0 Å². The van der Waals surface area contributed by atoms with E-state index in [9.17, 15) is 14.9 Å². The lowest BCUT2D eigenvalue weighted by atomic mass is 10.2. The molecule has 0 aliphatic rings. The van der Waals surface area contributed by atoms with Gasteiger partial charge in [-0.05, 0) is 24.3 Å². The van der Waals surface area contributed by atoms with Crippen molar-refractivity contribution in [1.82, 2.24) is 0 Å². The molecule has 0 fully saturated rings. The smallest absolute Gasteiger partial charge is 0.311 e. The fourth-order valence-electron chi connectivity index (χ4n) is 1.42. The summed E-state index contributed by atoms with van der Waals surface area (Å²) >= 11 is 0. The second-order valence-corrected chi connectivity index (χ2v) is 3.47. The zero-order valence-electron chi connectivity index (χ0n) is 9.24.